The van der Waals surface area contributed by atoms with Crippen LogP contribution in [0.5, 0.6) is 0 Å². The quantitative estimate of drug-likeness (QED) is 0.817. The van der Waals surface area contributed by atoms with Gasteiger partial charge < -0.3 is 10.2 Å². The third-order valence-corrected chi connectivity index (χ3v) is 2.81. The molecular weight excluding hydrogens is 327 g/mol. The van der Waals surface area contributed by atoms with Crippen molar-refractivity contribution in [2.75, 3.05) is 0 Å². The molecule has 2 aromatic heterocycles. The lowest BCUT2D eigenvalue weighted by Crippen LogP contribution is -2.40. The molecule has 2 heterocycles. The van der Waals surface area contributed by atoms with Crippen molar-refractivity contribution in [2.45, 2.75) is 12.7 Å². The zero-order valence-corrected chi connectivity index (χ0v) is 11.5. The van der Waals surface area contributed by atoms with E-state index in [9.17, 15) is 18.0 Å². The summed E-state index contributed by atoms with van der Waals surface area (Å²) in [6, 6.07) is 1.80. The molecule has 0 amide bonds. The SMILES string of the molecule is O=C(O)C(F)(F)F.O=C(O)C[n+]1ccc(-c2nccs2)cn1. The second-order valence-corrected chi connectivity index (χ2v) is 4.54. The van der Waals surface area contributed by atoms with E-state index in [0.717, 1.165) is 10.6 Å². The highest BCUT2D eigenvalue weighted by atomic mass is 32.1. The molecular formula is C11H9F3N3O4S+. The predicted octanol–water partition coefficient (Wildman–Crippen LogP) is 1.21. The number of alkyl halides is 3. The summed E-state index contributed by atoms with van der Waals surface area (Å²) >= 11 is 1.52. The van der Waals surface area contributed by atoms with E-state index in [0.29, 0.717) is 0 Å². The third kappa shape index (κ3) is 5.83. The number of carboxylic acids is 2. The molecule has 0 atom stereocenters. The number of hydrogen-bond donors (Lipinski definition) is 2. The van der Waals surface area contributed by atoms with Gasteiger partial charge in [-0.15, -0.1) is 11.3 Å². The second kappa shape index (κ2) is 7.45. The van der Waals surface area contributed by atoms with Crippen molar-refractivity contribution >= 4 is 23.3 Å². The van der Waals surface area contributed by atoms with Gasteiger partial charge in [0.25, 0.3) is 6.54 Å². The summed E-state index contributed by atoms with van der Waals surface area (Å²) in [4.78, 5) is 23.4. The Hall–Kier alpha value is -2.56. The first-order chi connectivity index (χ1) is 10.2. The van der Waals surface area contributed by atoms with E-state index in [1.54, 1.807) is 24.7 Å². The molecule has 7 nitrogen and oxygen atoms in total. The molecule has 22 heavy (non-hydrogen) atoms. The van der Waals surface area contributed by atoms with Crippen LogP contribution in [0.15, 0.2) is 30.0 Å². The summed E-state index contributed by atoms with van der Waals surface area (Å²) in [6.07, 6.45) is -0.120. The Labute approximate surface area is 125 Å². The van der Waals surface area contributed by atoms with Gasteiger partial charge in [-0.3, -0.25) is 0 Å². The van der Waals surface area contributed by atoms with Crippen LogP contribution in [-0.4, -0.2) is 38.4 Å². The molecule has 0 aromatic carbocycles. The lowest BCUT2D eigenvalue weighted by atomic mass is 10.3. The van der Waals surface area contributed by atoms with Gasteiger partial charge in [0.2, 0.25) is 0 Å². The summed E-state index contributed by atoms with van der Waals surface area (Å²) in [5, 5.41) is 22.4. The monoisotopic (exact) mass is 336 g/mol. The Balaban J connectivity index is 0.000000295. The fourth-order valence-corrected chi connectivity index (χ4v) is 1.74. The average Bonchev–Trinajstić information content (AvgIpc) is 2.92. The van der Waals surface area contributed by atoms with Gasteiger partial charge in [-0.25, -0.2) is 14.6 Å². The van der Waals surface area contributed by atoms with E-state index in [4.69, 9.17) is 15.0 Å². The second-order valence-electron chi connectivity index (χ2n) is 3.65. The molecule has 0 aliphatic rings. The molecule has 0 radical (unpaired) electrons. The molecule has 0 aliphatic heterocycles. The van der Waals surface area contributed by atoms with Gasteiger partial charge in [0.1, 0.15) is 11.2 Å². The van der Waals surface area contributed by atoms with Crippen molar-refractivity contribution in [3.8, 4) is 10.6 Å². The Bertz CT molecular complexity index is 629. The number of aliphatic carboxylic acids is 2. The van der Waals surface area contributed by atoms with Gasteiger partial charge in [-0.05, 0) is 5.10 Å². The first kappa shape index (κ1) is 17.5. The van der Waals surface area contributed by atoms with Crippen LogP contribution < -0.4 is 4.68 Å². The number of carboxylic acid groups (broad SMARTS) is 2. The zero-order valence-electron chi connectivity index (χ0n) is 10.7. The number of nitrogens with zero attached hydrogens (tertiary/aromatic N) is 3. The Morgan fingerprint density at radius 2 is 1.95 bits per heavy atom. The van der Waals surface area contributed by atoms with Crippen LogP contribution in [0.25, 0.3) is 10.6 Å². The lowest BCUT2D eigenvalue weighted by molar-refractivity contribution is -0.743. The maximum Gasteiger partial charge on any atom is 0.490 e. The average molecular weight is 336 g/mol. The minimum atomic E-state index is -5.08. The number of carbonyl (C=O) groups is 2. The third-order valence-electron chi connectivity index (χ3n) is 1.99. The first-order valence-corrected chi connectivity index (χ1v) is 6.35. The normalized spacial score (nSPS) is 10.5. The minimum absolute atomic E-state index is 0.127. The van der Waals surface area contributed by atoms with Crippen LogP contribution in [0, 0.1) is 0 Å². The molecule has 0 saturated carbocycles. The number of thiazole rings is 1. The molecule has 0 spiro atoms. The van der Waals surface area contributed by atoms with Gasteiger partial charge in [0, 0.05) is 23.2 Å². The Morgan fingerprint density at radius 3 is 2.32 bits per heavy atom. The molecule has 0 aliphatic carbocycles. The highest BCUT2D eigenvalue weighted by Gasteiger charge is 2.38. The maximum atomic E-state index is 10.6. The van der Waals surface area contributed by atoms with E-state index in [2.05, 4.69) is 10.1 Å². The largest absolute Gasteiger partial charge is 0.490 e. The van der Waals surface area contributed by atoms with E-state index < -0.39 is 18.1 Å². The van der Waals surface area contributed by atoms with Crippen molar-refractivity contribution in [1.82, 2.24) is 10.1 Å². The predicted molar refractivity (Wildman–Crippen MR) is 66.9 cm³/mol. The number of rotatable bonds is 3. The summed E-state index contributed by atoms with van der Waals surface area (Å²) in [5.74, 6) is -3.66. The number of aromatic nitrogens is 3. The molecule has 0 bridgehead atoms. The molecule has 2 aromatic rings. The van der Waals surface area contributed by atoms with E-state index in [1.165, 1.54) is 16.0 Å². The zero-order chi connectivity index (χ0) is 16.8. The highest BCUT2D eigenvalue weighted by Crippen LogP contribution is 2.18. The van der Waals surface area contributed by atoms with Gasteiger partial charge in [-0.1, -0.05) is 4.68 Å². The summed E-state index contributed by atoms with van der Waals surface area (Å²) in [6.45, 7) is -0.127. The number of hydrogen-bond acceptors (Lipinski definition) is 5. The van der Waals surface area contributed by atoms with Crippen LogP contribution in [0.3, 0.4) is 0 Å². The fourth-order valence-electron chi connectivity index (χ4n) is 1.11. The van der Waals surface area contributed by atoms with Crippen molar-refractivity contribution in [2.24, 2.45) is 0 Å². The molecule has 0 unspecified atom stereocenters. The van der Waals surface area contributed by atoms with Crippen LogP contribution >= 0.6 is 11.3 Å². The van der Waals surface area contributed by atoms with Crippen molar-refractivity contribution in [1.29, 1.82) is 0 Å². The van der Waals surface area contributed by atoms with Gasteiger partial charge >= 0.3 is 18.1 Å². The molecule has 11 heteroatoms. The molecule has 118 valence electrons. The first-order valence-electron chi connectivity index (χ1n) is 5.47. The van der Waals surface area contributed by atoms with Gasteiger partial charge in [-0.2, -0.15) is 13.2 Å². The van der Waals surface area contributed by atoms with E-state index >= 15 is 0 Å². The minimum Gasteiger partial charge on any atom is -0.476 e. The topological polar surface area (TPSA) is 104 Å². The van der Waals surface area contributed by atoms with Crippen LogP contribution in [0.2, 0.25) is 0 Å². The van der Waals surface area contributed by atoms with Crippen LogP contribution in [0.1, 0.15) is 0 Å². The van der Waals surface area contributed by atoms with Crippen LogP contribution in [-0.2, 0) is 16.1 Å². The summed E-state index contributed by atoms with van der Waals surface area (Å²) in [7, 11) is 0. The van der Waals surface area contributed by atoms with Crippen molar-refractivity contribution < 1.29 is 37.7 Å². The van der Waals surface area contributed by atoms with Crippen molar-refractivity contribution in [3.63, 3.8) is 0 Å². The van der Waals surface area contributed by atoms with E-state index in [1.807, 2.05) is 5.38 Å². The van der Waals surface area contributed by atoms with Crippen molar-refractivity contribution in [3.05, 3.63) is 30.0 Å². The highest BCUT2D eigenvalue weighted by molar-refractivity contribution is 7.13. The van der Waals surface area contributed by atoms with Crippen LogP contribution in [0.4, 0.5) is 13.2 Å². The Morgan fingerprint density at radius 1 is 1.32 bits per heavy atom. The number of halogens is 3. The molecule has 0 fully saturated rings. The molecule has 2 rings (SSSR count). The molecule has 2 N–H and O–H groups in total. The molecule has 0 saturated heterocycles. The summed E-state index contributed by atoms with van der Waals surface area (Å²) in [5.41, 5.74) is 0.895. The maximum absolute atomic E-state index is 10.6. The van der Waals surface area contributed by atoms with Gasteiger partial charge in [0.05, 0.1) is 0 Å². The smallest absolute Gasteiger partial charge is 0.476 e. The summed E-state index contributed by atoms with van der Waals surface area (Å²) < 4.78 is 33.1. The Kier molecular flexibility index (Phi) is 5.92. The van der Waals surface area contributed by atoms with Gasteiger partial charge in [0.15, 0.2) is 6.20 Å². The fraction of sp³-hybridized carbons (Fsp3) is 0.182. The lowest BCUT2D eigenvalue weighted by Gasteiger charge is -1.93. The standard InChI is InChI=1S/C9H7N3O2S.C2HF3O2/c13-8(14)6-12-3-1-7(5-11-12)9-10-2-4-15-9;3-2(4,5)1(6)7/h1-5H,6H2;(H,6,7)/p+1. The van der Waals surface area contributed by atoms with E-state index in [-0.39, 0.29) is 6.54 Å².